The number of hydrogen-bond acceptors (Lipinski definition) is 4. The summed E-state index contributed by atoms with van der Waals surface area (Å²) >= 11 is 4.65. The maximum atomic E-state index is 11.9. The molecule has 19 heavy (non-hydrogen) atoms. The molecule has 1 N–H and O–H groups in total. The maximum Gasteiger partial charge on any atom is 0.337 e. The quantitative estimate of drug-likeness (QED) is 0.870. The van der Waals surface area contributed by atoms with Gasteiger partial charge in [-0.05, 0) is 29.6 Å². The molecular formula is C13H10BrNO3S. The number of ether oxygens (including phenoxy) is 1. The highest BCUT2D eigenvalue weighted by Crippen LogP contribution is 2.21. The van der Waals surface area contributed by atoms with Gasteiger partial charge in [0, 0.05) is 10.2 Å². The van der Waals surface area contributed by atoms with Crippen molar-refractivity contribution >= 4 is 44.8 Å². The Morgan fingerprint density at radius 1 is 1.32 bits per heavy atom. The van der Waals surface area contributed by atoms with E-state index in [9.17, 15) is 9.59 Å². The third-order valence-corrected chi connectivity index (χ3v) is 3.65. The van der Waals surface area contributed by atoms with E-state index < -0.39 is 5.97 Å². The van der Waals surface area contributed by atoms with Gasteiger partial charge in [-0.25, -0.2) is 4.79 Å². The topological polar surface area (TPSA) is 55.4 Å². The van der Waals surface area contributed by atoms with Crippen molar-refractivity contribution in [2.75, 3.05) is 12.4 Å². The molecule has 4 nitrogen and oxygen atoms in total. The number of methoxy groups -OCH3 is 1. The van der Waals surface area contributed by atoms with E-state index in [1.165, 1.54) is 18.4 Å². The largest absolute Gasteiger partial charge is 0.465 e. The van der Waals surface area contributed by atoms with Crippen LogP contribution in [0.15, 0.2) is 40.2 Å². The highest BCUT2D eigenvalue weighted by molar-refractivity contribution is 9.10. The van der Waals surface area contributed by atoms with Gasteiger partial charge in [-0.15, -0.1) is 11.3 Å². The molecule has 0 atom stereocenters. The summed E-state index contributed by atoms with van der Waals surface area (Å²) in [6.07, 6.45) is 0. The van der Waals surface area contributed by atoms with Gasteiger partial charge in [-0.1, -0.05) is 22.0 Å². The first-order chi connectivity index (χ1) is 9.10. The van der Waals surface area contributed by atoms with Crippen molar-refractivity contribution in [3.05, 3.63) is 50.6 Å². The average Bonchev–Trinajstić information content (AvgIpc) is 2.91. The lowest BCUT2D eigenvalue weighted by atomic mass is 10.2. The Bertz CT molecular complexity index is 610. The van der Waals surface area contributed by atoms with Crippen LogP contribution in [0, 0.1) is 0 Å². The van der Waals surface area contributed by atoms with E-state index in [2.05, 4.69) is 26.0 Å². The lowest BCUT2D eigenvalue weighted by Crippen LogP contribution is -2.11. The normalized spacial score (nSPS) is 10.0. The molecule has 0 spiro atoms. The maximum absolute atomic E-state index is 11.9. The number of halogens is 1. The molecule has 1 aromatic heterocycles. The standard InChI is InChI=1S/C13H10BrNO3S/c1-18-13(17)8-5-9(14)7-10(6-8)15-12(16)11-3-2-4-19-11/h2-7H,1H3,(H,15,16). The number of thiophene rings is 1. The number of esters is 1. The summed E-state index contributed by atoms with van der Waals surface area (Å²) in [4.78, 5) is 24.0. The van der Waals surface area contributed by atoms with Crippen LogP contribution in [0.3, 0.4) is 0 Å². The summed E-state index contributed by atoms with van der Waals surface area (Å²) in [7, 11) is 1.31. The molecule has 0 fully saturated rings. The van der Waals surface area contributed by atoms with E-state index in [1.54, 1.807) is 30.3 Å². The predicted octanol–water partition coefficient (Wildman–Crippen LogP) is 3.55. The van der Waals surface area contributed by atoms with Crippen LogP contribution in [0.4, 0.5) is 5.69 Å². The fourth-order valence-electron chi connectivity index (χ4n) is 1.50. The Labute approximate surface area is 122 Å². The second kappa shape index (κ2) is 5.99. The molecule has 1 heterocycles. The summed E-state index contributed by atoms with van der Waals surface area (Å²) in [5, 5.41) is 4.57. The van der Waals surface area contributed by atoms with Gasteiger partial charge in [0.2, 0.25) is 0 Å². The zero-order chi connectivity index (χ0) is 13.8. The monoisotopic (exact) mass is 339 g/mol. The number of carbonyl (C=O) groups excluding carboxylic acids is 2. The number of carbonyl (C=O) groups is 2. The van der Waals surface area contributed by atoms with Gasteiger partial charge >= 0.3 is 5.97 Å². The molecule has 0 saturated heterocycles. The van der Waals surface area contributed by atoms with Crippen LogP contribution in [-0.2, 0) is 4.74 Å². The van der Waals surface area contributed by atoms with Crippen molar-refractivity contribution in [1.29, 1.82) is 0 Å². The van der Waals surface area contributed by atoms with Crippen molar-refractivity contribution in [1.82, 2.24) is 0 Å². The van der Waals surface area contributed by atoms with E-state index in [4.69, 9.17) is 0 Å². The summed E-state index contributed by atoms with van der Waals surface area (Å²) in [6, 6.07) is 8.46. The molecule has 1 amide bonds. The third kappa shape index (κ3) is 3.42. The number of anilines is 1. The average molecular weight is 340 g/mol. The molecule has 0 aliphatic carbocycles. The molecule has 0 aliphatic rings. The van der Waals surface area contributed by atoms with Gasteiger partial charge in [-0.2, -0.15) is 0 Å². The molecule has 0 radical (unpaired) electrons. The zero-order valence-electron chi connectivity index (χ0n) is 9.98. The zero-order valence-corrected chi connectivity index (χ0v) is 12.4. The second-order valence-corrected chi connectivity index (χ2v) is 5.51. The third-order valence-electron chi connectivity index (χ3n) is 2.32. The molecule has 0 unspecified atom stereocenters. The lowest BCUT2D eigenvalue weighted by molar-refractivity contribution is 0.0600. The highest BCUT2D eigenvalue weighted by Gasteiger charge is 2.11. The van der Waals surface area contributed by atoms with Gasteiger partial charge in [-0.3, -0.25) is 4.79 Å². The molecule has 98 valence electrons. The van der Waals surface area contributed by atoms with Crippen LogP contribution in [-0.4, -0.2) is 19.0 Å². The van der Waals surface area contributed by atoms with Gasteiger partial charge in [0.15, 0.2) is 0 Å². The predicted molar refractivity (Wildman–Crippen MR) is 77.8 cm³/mol. The van der Waals surface area contributed by atoms with Gasteiger partial charge < -0.3 is 10.1 Å². The minimum atomic E-state index is -0.451. The van der Waals surface area contributed by atoms with Crippen molar-refractivity contribution in [3.63, 3.8) is 0 Å². The minimum Gasteiger partial charge on any atom is -0.465 e. The Morgan fingerprint density at radius 2 is 2.11 bits per heavy atom. The molecule has 0 saturated carbocycles. The molecule has 6 heteroatoms. The van der Waals surface area contributed by atoms with Crippen LogP contribution in [0.2, 0.25) is 0 Å². The Morgan fingerprint density at radius 3 is 2.74 bits per heavy atom. The number of benzene rings is 1. The van der Waals surface area contributed by atoms with Gasteiger partial charge in [0.25, 0.3) is 5.91 Å². The van der Waals surface area contributed by atoms with Crippen LogP contribution in [0.25, 0.3) is 0 Å². The minimum absolute atomic E-state index is 0.205. The molecule has 1 aromatic carbocycles. The van der Waals surface area contributed by atoms with E-state index >= 15 is 0 Å². The summed E-state index contributed by atoms with van der Waals surface area (Å²) in [6.45, 7) is 0. The molecule has 2 rings (SSSR count). The molecule has 0 bridgehead atoms. The molecular weight excluding hydrogens is 330 g/mol. The lowest BCUT2D eigenvalue weighted by Gasteiger charge is -2.07. The highest BCUT2D eigenvalue weighted by atomic mass is 79.9. The first-order valence-corrected chi connectivity index (χ1v) is 7.01. The van der Waals surface area contributed by atoms with Crippen LogP contribution >= 0.6 is 27.3 Å². The van der Waals surface area contributed by atoms with Crippen molar-refractivity contribution in [2.24, 2.45) is 0 Å². The number of hydrogen-bond donors (Lipinski definition) is 1. The molecule has 0 aliphatic heterocycles. The van der Waals surface area contributed by atoms with Gasteiger partial charge in [0.05, 0.1) is 17.6 Å². The van der Waals surface area contributed by atoms with E-state index in [0.29, 0.717) is 20.6 Å². The SMILES string of the molecule is COC(=O)c1cc(Br)cc(NC(=O)c2cccs2)c1. The van der Waals surface area contributed by atoms with Crippen LogP contribution in [0.1, 0.15) is 20.0 Å². The van der Waals surface area contributed by atoms with Gasteiger partial charge in [0.1, 0.15) is 0 Å². The van der Waals surface area contributed by atoms with Crippen LogP contribution < -0.4 is 5.32 Å². The van der Waals surface area contributed by atoms with E-state index in [-0.39, 0.29) is 5.91 Å². The number of rotatable bonds is 3. The first-order valence-electron chi connectivity index (χ1n) is 5.34. The van der Waals surface area contributed by atoms with Crippen molar-refractivity contribution in [2.45, 2.75) is 0 Å². The molecule has 2 aromatic rings. The van der Waals surface area contributed by atoms with Crippen LogP contribution in [0.5, 0.6) is 0 Å². The Balaban J connectivity index is 2.23. The fourth-order valence-corrected chi connectivity index (χ4v) is 2.61. The summed E-state index contributed by atoms with van der Waals surface area (Å²) in [5.41, 5.74) is 0.909. The van der Waals surface area contributed by atoms with Crippen molar-refractivity contribution < 1.29 is 14.3 Å². The van der Waals surface area contributed by atoms with E-state index in [1.807, 2.05) is 5.38 Å². The smallest absolute Gasteiger partial charge is 0.337 e. The summed E-state index contributed by atoms with van der Waals surface area (Å²) in [5.74, 6) is -0.656. The first kappa shape index (κ1) is 13.8. The Hall–Kier alpha value is -1.66. The van der Waals surface area contributed by atoms with Crippen molar-refractivity contribution in [3.8, 4) is 0 Å². The summed E-state index contributed by atoms with van der Waals surface area (Å²) < 4.78 is 5.34. The Kier molecular flexibility index (Phi) is 4.34. The fraction of sp³-hybridized carbons (Fsp3) is 0.0769. The van der Waals surface area contributed by atoms with E-state index in [0.717, 1.165) is 0 Å². The number of nitrogens with one attached hydrogen (secondary N) is 1. The second-order valence-electron chi connectivity index (χ2n) is 3.65. The number of amides is 1.